The summed E-state index contributed by atoms with van der Waals surface area (Å²) in [5.41, 5.74) is 1.97. The quantitative estimate of drug-likeness (QED) is 0.904. The molecule has 0 bridgehead atoms. The maximum atomic E-state index is 12.0. The summed E-state index contributed by atoms with van der Waals surface area (Å²) in [5.74, 6) is -0.290. The molecule has 0 aliphatic rings. The highest BCUT2D eigenvalue weighted by atomic mass is 32.1. The standard InChI is InChI=1S/C14H16N2O3S/c1-9-8-20-14(19)16(9)7-13(18)15-12-6-4-3-5-11(12)10(2)17/h3-6,8,10,17H,7H2,1-2H3,(H,15,18). The van der Waals surface area contributed by atoms with Crippen LogP contribution in [0.2, 0.25) is 0 Å². The van der Waals surface area contributed by atoms with Crippen molar-refractivity contribution in [2.24, 2.45) is 0 Å². The Hall–Kier alpha value is -1.92. The number of hydrogen-bond acceptors (Lipinski definition) is 4. The van der Waals surface area contributed by atoms with Gasteiger partial charge in [0, 0.05) is 22.3 Å². The Morgan fingerprint density at radius 1 is 1.45 bits per heavy atom. The number of aromatic nitrogens is 1. The van der Waals surface area contributed by atoms with Gasteiger partial charge in [0.15, 0.2) is 0 Å². The van der Waals surface area contributed by atoms with Gasteiger partial charge in [-0.15, -0.1) is 0 Å². The molecule has 1 unspecified atom stereocenters. The Morgan fingerprint density at radius 2 is 2.15 bits per heavy atom. The topological polar surface area (TPSA) is 71.3 Å². The molecule has 2 rings (SSSR count). The van der Waals surface area contributed by atoms with Crippen molar-refractivity contribution in [3.63, 3.8) is 0 Å². The summed E-state index contributed by atoms with van der Waals surface area (Å²) in [6.45, 7) is 3.40. The fraction of sp³-hybridized carbons (Fsp3) is 0.286. The number of aryl methyl sites for hydroxylation is 1. The van der Waals surface area contributed by atoms with Gasteiger partial charge in [0.1, 0.15) is 6.54 Å². The van der Waals surface area contributed by atoms with Gasteiger partial charge < -0.3 is 10.4 Å². The predicted octanol–water partition coefficient (Wildman–Crippen LogP) is 1.91. The molecule has 0 saturated heterocycles. The first-order valence-corrected chi connectivity index (χ1v) is 7.08. The van der Waals surface area contributed by atoms with E-state index >= 15 is 0 Å². The molecular formula is C14H16N2O3S. The number of hydrogen-bond donors (Lipinski definition) is 2. The Morgan fingerprint density at radius 3 is 2.75 bits per heavy atom. The van der Waals surface area contributed by atoms with Crippen molar-refractivity contribution < 1.29 is 9.90 Å². The Bertz CT molecular complexity index is 673. The first-order chi connectivity index (χ1) is 9.49. The minimum atomic E-state index is -0.669. The molecule has 0 radical (unpaired) electrons. The lowest BCUT2D eigenvalue weighted by Crippen LogP contribution is -2.25. The van der Waals surface area contributed by atoms with Crippen molar-refractivity contribution in [1.82, 2.24) is 4.57 Å². The summed E-state index contributed by atoms with van der Waals surface area (Å²) in [6, 6.07) is 7.06. The van der Waals surface area contributed by atoms with Crippen LogP contribution in [0.5, 0.6) is 0 Å². The monoisotopic (exact) mass is 292 g/mol. The van der Waals surface area contributed by atoms with Crippen LogP contribution in [0.15, 0.2) is 34.4 Å². The third-order valence-corrected chi connectivity index (χ3v) is 3.84. The van der Waals surface area contributed by atoms with E-state index in [1.54, 1.807) is 43.5 Å². The van der Waals surface area contributed by atoms with Crippen LogP contribution in [0, 0.1) is 6.92 Å². The van der Waals surface area contributed by atoms with Crippen LogP contribution in [-0.2, 0) is 11.3 Å². The molecule has 20 heavy (non-hydrogen) atoms. The van der Waals surface area contributed by atoms with Crippen molar-refractivity contribution in [3.05, 3.63) is 50.6 Å². The van der Waals surface area contributed by atoms with E-state index < -0.39 is 6.10 Å². The second-order valence-corrected chi connectivity index (χ2v) is 5.36. The molecule has 0 aliphatic carbocycles. The smallest absolute Gasteiger partial charge is 0.307 e. The molecule has 0 aliphatic heterocycles. The van der Waals surface area contributed by atoms with Crippen molar-refractivity contribution in [3.8, 4) is 0 Å². The molecule has 1 aromatic carbocycles. The van der Waals surface area contributed by atoms with Gasteiger partial charge in [-0.1, -0.05) is 29.5 Å². The van der Waals surface area contributed by atoms with Gasteiger partial charge in [0.25, 0.3) is 0 Å². The number of carbonyl (C=O) groups is 1. The van der Waals surface area contributed by atoms with Crippen molar-refractivity contribution >= 4 is 22.9 Å². The maximum Gasteiger partial charge on any atom is 0.307 e. The van der Waals surface area contributed by atoms with Crippen LogP contribution in [0.1, 0.15) is 24.3 Å². The highest BCUT2D eigenvalue weighted by Gasteiger charge is 2.12. The fourth-order valence-corrected chi connectivity index (χ4v) is 2.64. The fourth-order valence-electron chi connectivity index (χ4n) is 1.90. The van der Waals surface area contributed by atoms with Crippen LogP contribution in [0.25, 0.3) is 0 Å². The van der Waals surface area contributed by atoms with Crippen LogP contribution < -0.4 is 10.2 Å². The van der Waals surface area contributed by atoms with Gasteiger partial charge in [-0.05, 0) is 19.9 Å². The molecule has 1 aromatic heterocycles. The number of carbonyl (C=O) groups excluding carboxylic acids is 1. The normalized spacial score (nSPS) is 12.2. The summed E-state index contributed by atoms with van der Waals surface area (Å²) >= 11 is 1.07. The third-order valence-electron chi connectivity index (χ3n) is 2.96. The molecular weight excluding hydrogens is 276 g/mol. The maximum absolute atomic E-state index is 12.0. The van der Waals surface area contributed by atoms with E-state index in [1.807, 2.05) is 0 Å². The van der Waals surface area contributed by atoms with Crippen molar-refractivity contribution in [2.75, 3.05) is 5.32 Å². The van der Waals surface area contributed by atoms with Crippen LogP contribution >= 0.6 is 11.3 Å². The molecule has 0 fully saturated rings. The van der Waals surface area contributed by atoms with Gasteiger partial charge in [-0.3, -0.25) is 14.2 Å². The molecule has 106 valence electrons. The molecule has 0 saturated carbocycles. The summed E-state index contributed by atoms with van der Waals surface area (Å²) in [4.78, 5) is 23.4. The number of aliphatic hydroxyl groups is 1. The SMILES string of the molecule is Cc1csc(=O)n1CC(=O)Nc1ccccc1C(C)O. The Kier molecular flexibility index (Phi) is 4.36. The first-order valence-electron chi connectivity index (χ1n) is 6.21. The average Bonchev–Trinajstić information content (AvgIpc) is 2.71. The van der Waals surface area contributed by atoms with E-state index in [4.69, 9.17) is 0 Å². The zero-order chi connectivity index (χ0) is 14.7. The van der Waals surface area contributed by atoms with Crippen LogP contribution in [0.3, 0.4) is 0 Å². The van der Waals surface area contributed by atoms with E-state index in [-0.39, 0.29) is 17.3 Å². The lowest BCUT2D eigenvalue weighted by Gasteiger charge is -2.13. The molecule has 5 nitrogen and oxygen atoms in total. The second-order valence-electron chi connectivity index (χ2n) is 4.54. The Labute approximate surface area is 120 Å². The zero-order valence-corrected chi connectivity index (χ0v) is 12.1. The number of nitrogens with one attached hydrogen (secondary N) is 1. The number of rotatable bonds is 4. The van der Waals surface area contributed by atoms with Gasteiger partial charge in [0.2, 0.25) is 5.91 Å². The summed E-state index contributed by atoms with van der Waals surface area (Å²) in [5, 5.41) is 14.1. The summed E-state index contributed by atoms with van der Waals surface area (Å²) in [7, 11) is 0. The third kappa shape index (κ3) is 3.15. The lowest BCUT2D eigenvalue weighted by molar-refractivity contribution is -0.116. The van der Waals surface area contributed by atoms with E-state index in [9.17, 15) is 14.7 Å². The van der Waals surface area contributed by atoms with Crippen LogP contribution in [0.4, 0.5) is 5.69 Å². The van der Waals surface area contributed by atoms with E-state index in [1.165, 1.54) is 4.57 Å². The molecule has 0 spiro atoms. The molecule has 1 amide bonds. The largest absolute Gasteiger partial charge is 0.389 e. The van der Waals surface area contributed by atoms with Crippen LogP contribution in [-0.4, -0.2) is 15.6 Å². The molecule has 6 heteroatoms. The van der Waals surface area contributed by atoms with Gasteiger partial charge in [-0.2, -0.15) is 0 Å². The summed E-state index contributed by atoms with van der Waals surface area (Å²) < 4.78 is 1.42. The van der Waals surface area contributed by atoms with E-state index in [0.29, 0.717) is 11.3 Å². The van der Waals surface area contributed by atoms with Crippen molar-refractivity contribution in [1.29, 1.82) is 0 Å². The highest BCUT2D eigenvalue weighted by Crippen LogP contribution is 2.22. The number of aliphatic hydroxyl groups excluding tert-OH is 1. The Balaban J connectivity index is 2.15. The highest BCUT2D eigenvalue weighted by molar-refractivity contribution is 7.07. The molecule has 1 atom stereocenters. The number of thiazole rings is 1. The number of amides is 1. The average molecular weight is 292 g/mol. The lowest BCUT2D eigenvalue weighted by atomic mass is 10.1. The molecule has 1 heterocycles. The number of anilines is 1. The van der Waals surface area contributed by atoms with Gasteiger partial charge >= 0.3 is 4.87 Å². The number of benzene rings is 1. The molecule has 2 aromatic rings. The summed E-state index contributed by atoms with van der Waals surface area (Å²) in [6.07, 6.45) is -0.669. The number of para-hydroxylation sites is 1. The minimum Gasteiger partial charge on any atom is -0.389 e. The van der Waals surface area contributed by atoms with E-state index in [2.05, 4.69) is 5.32 Å². The van der Waals surface area contributed by atoms with Gasteiger partial charge in [-0.25, -0.2) is 0 Å². The number of nitrogens with zero attached hydrogens (tertiary/aromatic N) is 1. The minimum absolute atomic E-state index is 0.0255. The van der Waals surface area contributed by atoms with E-state index in [0.717, 1.165) is 17.0 Å². The molecule has 2 N–H and O–H groups in total. The zero-order valence-electron chi connectivity index (χ0n) is 11.3. The first kappa shape index (κ1) is 14.5. The van der Waals surface area contributed by atoms with Gasteiger partial charge in [0.05, 0.1) is 6.10 Å². The predicted molar refractivity (Wildman–Crippen MR) is 79.0 cm³/mol. The second kappa shape index (κ2) is 6.02. The van der Waals surface area contributed by atoms with Crippen molar-refractivity contribution in [2.45, 2.75) is 26.5 Å².